The van der Waals surface area contributed by atoms with Crippen molar-refractivity contribution in [3.63, 3.8) is 0 Å². The molecule has 10 nitrogen and oxygen atoms in total. The summed E-state index contributed by atoms with van der Waals surface area (Å²) in [4.78, 5) is 41.7. The first-order valence-corrected chi connectivity index (χ1v) is 7.74. The highest BCUT2D eigenvalue weighted by molar-refractivity contribution is 7.80. The number of hydrogen-bond acceptors (Lipinski definition) is 7. The molecular weight excluding hydrogens is 338 g/mol. The van der Waals surface area contributed by atoms with E-state index in [4.69, 9.17) is 10.8 Å². The molecule has 0 saturated carbocycles. The lowest BCUT2D eigenvalue weighted by molar-refractivity contribution is -0.145. The number of aliphatic hydroxyl groups is 1. The fraction of sp³-hybridized carbons (Fsp3) is 0.538. The second-order valence-corrected chi connectivity index (χ2v) is 5.56. The molecule has 0 aliphatic rings. The maximum absolute atomic E-state index is 12.1. The van der Waals surface area contributed by atoms with Gasteiger partial charge >= 0.3 is 5.97 Å². The Hall–Kier alpha value is -2.11. The SMILES string of the molecule is C[C@@H](O)[C@H](NC(=O)[C@H](CS)NC(=O)[C@@H](N)Cc1cnc[nH]1)C(=O)O. The van der Waals surface area contributed by atoms with E-state index in [0.29, 0.717) is 5.69 Å². The molecule has 11 heteroatoms. The van der Waals surface area contributed by atoms with Crippen molar-refractivity contribution in [1.82, 2.24) is 20.6 Å². The molecule has 0 fully saturated rings. The van der Waals surface area contributed by atoms with Crippen molar-refractivity contribution in [2.45, 2.75) is 37.6 Å². The van der Waals surface area contributed by atoms with Crippen molar-refractivity contribution in [3.8, 4) is 0 Å². The molecule has 24 heavy (non-hydrogen) atoms. The number of H-pyrrole nitrogens is 1. The summed E-state index contributed by atoms with van der Waals surface area (Å²) in [6.45, 7) is 1.23. The van der Waals surface area contributed by atoms with Crippen LogP contribution in [0.3, 0.4) is 0 Å². The van der Waals surface area contributed by atoms with Crippen LogP contribution in [-0.2, 0) is 20.8 Å². The number of aromatic amines is 1. The minimum absolute atomic E-state index is 0.0689. The van der Waals surface area contributed by atoms with Gasteiger partial charge in [-0.3, -0.25) is 9.59 Å². The van der Waals surface area contributed by atoms with Crippen LogP contribution in [0.5, 0.6) is 0 Å². The zero-order valence-electron chi connectivity index (χ0n) is 13.0. The Balaban J connectivity index is 2.63. The fourth-order valence-corrected chi connectivity index (χ4v) is 2.10. The lowest BCUT2D eigenvalue weighted by atomic mass is 10.1. The first kappa shape index (κ1) is 19.9. The molecule has 1 heterocycles. The number of rotatable bonds is 9. The van der Waals surface area contributed by atoms with Crippen LogP contribution in [-0.4, -0.2) is 67.9 Å². The van der Waals surface area contributed by atoms with Gasteiger partial charge in [0.15, 0.2) is 6.04 Å². The first-order chi connectivity index (χ1) is 11.3. The molecule has 0 aliphatic carbocycles. The fourth-order valence-electron chi connectivity index (χ4n) is 1.84. The Morgan fingerprint density at radius 1 is 1.38 bits per heavy atom. The van der Waals surface area contributed by atoms with E-state index in [1.807, 2.05) is 0 Å². The van der Waals surface area contributed by atoms with Crippen LogP contribution in [0.25, 0.3) is 0 Å². The number of aromatic nitrogens is 2. The molecule has 0 aromatic carbocycles. The van der Waals surface area contributed by atoms with E-state index in [0.717, 1.165) is 0 Å². The van der Waals surface area contributed by atoms with Crippen LogP contribution >= 0.6 is 12.6 Å². The molecule has 134 valence electrons. The van der Waals surface area contributed by atoms with Gasteiger partial charge in [0.25, 0.3) is 0 Å². The third-order valence-electron chi connectivity index (χ3n) is 3.19. The van der Waals surface area contributed by atoms with Crippen molar-refractivity contribution in [3.05, 3.63) is 18.2 Å². The number of hydrogen-bond donors (Lipinski definition) is 7. The van der Waals surface area contributed by atoms with Crippen LogP contribution < -0.4 is 16.4 Å². The zero-order valence-corrected chi connectivity index (χ0v) is 13.9. The number of carboxylic acid groups (broad SMARTS) is 1. The third-order valence-corrected chi connectivity index (χ3v) is 3.56. The summed E-state index contributed by atoms with van der Waals surface area (Å²) in [6, 6.07) is -3.50. The number of carboxylic acids is 1. The van der Waals surface area contributed by atoms with Gasteiger partial charge < -0.3 is 31.6 Å². The van der Waals surface area contributed by atoms with Crippen molar-refractivity contribution < 1.29 is 24.6 Å². The second kappa shape index (κ2) is 9.25. The average Bonchev–Trinajstić information content (AvgIpc) is 3.01. The quantitative estimate of drug-likeness (QED) is 0.242. The molecule has 1 aromatic heterocycles. The van der Waals surface area contributed by atoms with Gasteiger partial charge in [-0.25, -0.2) is 9.78 Å². The minimum atomic E-state index is -1.49. The van der Waals surface area contributed by atoms with Crippen molar-refractivity contribution in [2.24, 2.45) is 5.73 Å². The Morgan fingerprint density at radius 3 is 2.50 bits per heavy atom. The smallest absolute Gasteiger partial charge is 0.328 e. The molecule has 0 spiro atoms. The molecule has 0 radical (unpaired) electrons. The summed E-state index contributed by atoms with van der Waals surface area (Å²) in [7, 11) is 0. The second-order valence-electron chi connectivity index (χ2n) is 5.20. The van der Waals surface area contributed by atoms with Gasteiger partial charge in [0.2, 0.25) is 11.8 Å². The van der Waals surface area contributed by atoms with Gasteiger partial charge in [-0.15, -0.1) is 0 Å². The number of imidazole rings is 1. The number of nitrogens with two attached hydrogens (primary N) is 1. The van der Waals surface area contributed by atoms with Gasteiger partial charge in [-0.2, -0.15) is 12.6 Å². The number of nitrogens with one attached hydrogen (secondary N) is 3. The molecule has 0 unspecified atom stereocenters. The number of aliphatic hydroxyl groups excluding tert-OH is 1. The molecule has 2 amide bonds. The largest absolute Gasteiger partial charge is 0.480 e. The predicted octanol–water partition coefficient (Wildman–Crippen LogP) is -2.36. The van der Waals surface area contributed by atoms with Crippen molar-refractivity contribution in [1.29, 1.82) is 0 Å². The molecule has 0 aliphatic heterocycles. The first-order valence-electron chi connectivity index (χ1n) is 7.11. The van der Waals surface area contributed by atoms with Gasteiger partial charge in [-0.05, 0) is 6.92 Å². The Morgan fingerprint density at radius 2 is 2.04 bits per heavy atom. The minimum Gasteiger partial charge on any atom is -0.480 e. The molecule has 0 saturated heterocycles. The van der Waals surface area contributed by atoms with E-state index in [-0.39, 0.29) is 12.2 Å². The van der Waals surface area contributed by atoms with Gasteiger partial charge in [-0.1, -0.05) is 0 Å². The normalized spacial score (nSPS) is 15.8. The Bertz CT molecular complexity index is 565. The lowest BCUT2D eigenvalue weighted by Crippen LogP contribution is -2.57. The van der Waals surface area contributed by atoms with Gasteiger partial charge in [0, 0.05) is 24.1 Å². The summed E-state index contributed by atoms with van der Waals surface area (Å²) in [6.07, 6.45) is 1.87. The van der Waals surface area contributed by atoms with Gasteiger partial charge in [0.1, 0.15) is 6.04 Å². The molecule has 4 atom stereocenters. The molecular formula is C13H21N5O5S. The van der Waals surface area contributed by atoms with Crippen molar-refractivity contribution >= 4 is 30.4 Å². The highest BCUT2D eigenvalue weighted by atomic mass is 32.1. The molecule has 7 N–H and O–H groups in total. The number of thiol groups is 1. The summed E-state index contributed by atoms with van der Waals surface area (Å²) in [5, 5.41) is 22.9. The predicted molar refractivity (Wildman–Crippen MR) is 87.3 cm³/mol. The van der Waals surface area contributed by atoms with Crippen LogP contribution in [0.15, 0.2) is 12.5 Å². The van der Waals surface area contributed by atoms with Crippen LogP contribution in [0.4, 0.5) is 0 Å². The van der Waals surface area contributed by atoms with E-state index >= 15 is 0 Å². The highest BCUT2D eigenvalue weighted by Gasteiger charge is 2.29. The number of carbonyl (C=O) groups is 3. The Labute approximate surface area is 143 Å². The summed E-state index contributed by atoms with van der Waals surface area (Å²) in [5.41, 5.74) is 6.42. The number of amides is 2. The van der Waals surface area contributed by atoms with Crippen LogP contribution in [0, 0.1) is 0 Å². The third kappa shape index (κ3) is 5.83. The van der Waals surface area contributed by atoms with E-state index < -0.39 is 42.0 Å². The van der Waals surface area contributed by atoms with Crippen LogP contribution in [0.1, 0.15) is 12.6 Å². The summed E-state index contributed by atoms with van der Waals surface area (Å²) >= 11 is 3.97. The number of aliphatic carboxylic acids is 1. The van der Waals surface area contributed by atoms with E-state index in [9.17, 15) is 19.5 Å². The summed E-state index contributed by atoms with van der Waals surface area (Å²) < 4.78 is 0. The lowest BCUT2D eigenvalue weighted by Gasteiger charge is -2.22. The number of carbonyl (C=O) groups excluding carboxylic acids is 2. The summed E-state index contributed by atoms with van der Waals surface area (Å²) in [5.74, 6) is -2.83. The van der Waals surface area contributed by atoms with Crippen molar-refractivity contribution in [2.75, 3.05) is 5.75 Å². The molecule has 1 rings (SSSR count). The Kier molecular flexibility index (Phi) is 7.68. The maximum Gasteiger partial charge on any atom is 0.328 e. The van der Waals surface area contributed by atoms with E-state index in [1.165, 1.54) is 19.4 Å². The van der Waals surface area contributed by atoms with Gasteiger partial charge in [0.05, 0.1) is 18.5 Å². The number of nitrogens with zero attached hydrogens (tertiary/aromatic N) is 1. The van der Waals surface area contributed by atoms with Crippen LogP contribution in [0.2, 0.25) is 0 Å². The monoisotopic (exact) mass is 359 g/mol. The maximum atomic E-state index is 12.1. The molecule has 0 bridgehead atoms. The standard InChI is InChI=1S/C13H21N5O5S/c1-6(19)10(13(22)23)18-12(21)9(4-24)17-11(20)8(14)2-7-3-15-5-16-7/h3,5-6,8-10,19,24H,2,4,14H2,1H3,(H,15,16)(H,17,20)(H,18,21)(H,22,23)/t6-,8+,9+,10+/m1/s1. The highest BCUT2D eigenvalue weighted by Crippen LogP contribution is 2.00. The van der Waals surface area contributed by atoms with E-state index in [2.05, 4.69) is 33.2 Å². The van der Waals surface area contributed by atoms with E-state index in [1.54, 1.807) is 0 Å². The average molecular weight is 359 g/mol. The zero-order chi connectivity index (χ0) is 18.3. The molecule has 1 aromatic rings. The topological polar surface area (TPSA) is 170 Å².